The van der Waals surface area contributed by atoms with Gasteiger partial charge in [-0.1, -0.05) is 36.1 Å². The first-order valence-corrected chi connectivity index (χ1v) is 12.6. The fourth-order valence-electron chi connectivity index (χ4n) is 4.92. The number of aliphatic hydroxyl groups is 1. The predicted octanol–water partition coefficient (Wildman–Crippen LogP) is 2.44. The Labute approximate surface area is 195 Å². The van der Waals surface area contributed by atoms with Gasteiger partial charge in [-0.25, -0.2) is 12.8 Å². The molecule has 2 aromatic carbocycles. The molecule has 1 N–H and O–H groups in total. The Balaban J connectivity index is 1.60. The molecule has 6 nitrogen and oxygen atoms in total. The van der Waals surface area contributed by atoms with E-state index in [0.29, 0.717) is 19.6 Å². The fraction of sp³-hybridized carbons (Fsp3) is 0.440. The number of nitrogens with zero attached hydrogens (tertiary/aromatic N) is 2. The molecular formula is C25H29FN2O4S. The van der Waals surface area contributed by atoms with Gasteiger partial charge < -0.3 is 9.84 Å². The van der Waals surface area contributed by atoms with E-state index in [2.05, 4.69) is 16.7 Å². The fourth-order valence-corrected chi connectivity index (χ4v) is 6.48. The van der Waals surface area contributed by atoms with E-state index in [1.54, 1.807) is 7.11 Å². The summed E-state index contributed by atoms with van der Waals surface area (Å²) in [4.78, 5) is 1.91. The van der Waals surface area contributed by atoms with Crippen LogP contribution in [0, 0.1) is 17.7 Å². The lowest BCUT2D eigenvalue weighted by Crippen LogP contribution is -2.67. The maximum atomic E-state index is 14.3. The monoisotopic (exact) mass is 472 g/mol. The van der Waals surface area contributed by atoms with Gasteiger partial charge in [0.15, 0.2) is 0 Å². The second-order valence-corrected chi connectivity index (χ2v) is 10.3. The minimum absolute atomic E-state index is 0.00335. The molecule has 0 aliphatic carbocycles. The van der Waals surface area contributed by atoms with Gasteiger partial charge >= 0.3 is 0 Å². The molecule has 8 heteroatoms. The van der Waals surface area contributed by atoms with Crippen LogP contribution in [0.5, 0.6) is 0 Å². The van der Waals surface area contributed by atoms with Gasteiger partial charge in [-0.15, -0.1) is 0 Å². The van der Waals surface area contributed by atoms with E-state index in [4.69, 9.17) is 4.74 Å². The van der Waals surface area contributed by atoms with Gasteiger partial charge in [0.1, 0.15) is 17.3 Å². The maximum absolute atomic E-state index is 14.3. The van der Waals surface area contributed by atoms with Gasteiger partial charge in [0, 0.05) is 43.8 Å². The van der Waals surface area contributed by atoms with Crippen LogP contribution in [0.1, 0.15) is 29.9 Å². The number of methoxy groups -OCH3 is 1. The summed E-state index contributed by atoms with van der Waals surface area (Å²) >= 11 is 0. The van der Waals surface area contributed by atoms with Crippen molar-refractivity contribution < 1.29 is 22.7 Å². The number of benzene rings is 2. The number of hydrogen-bond donors (Lipinski definition) is 1. The molecule has 2 aromatic rings. The molecule has 0 bridgehead atoms. The number of sulfonamides is 1. The lowest BCUT2D eigenvalue weighted by atomic mass is 9.74. The summed E-state index contributed by atoms with van der Waals surface area (Å²) in [6.45, 7) is 1.77. The Morgan fingerprint density at radius 2 is 1.85 bits per heavy atom. The second kappa shape index (κ2) is 10.3. The summed E-state index contributed by atoms with van der Waals surface area (Å²) in [5, 5.41) is 10.1. The van der Waals surface area contributed by atoms with Crippen molar-refractivity contribution in [3.05, 3.63) is 65.5 Å². The van der Waals surface area contributed by atoms with Crippen molar-refractivity contribution in [2.75, 3.05) is 40.0 Å². The molecule has 3 atom stereocenters. The van der Waals surface area contributed by atoms with Crippen molar-refractivity contribution in [2.24, 2.45) is 0 Å². The molecule has 2 aliphatic rings. The molecule has 0 spiro atoms. The zero-order chi connectivity index (χ0) is 23.4. The third-order valence-corrected chi connectivity index (χ3v) is 8.43. The standard InChI is InChI=1S/C25H29FN2O4S/c1-32-16-6-7-19-10-12-20(13-11-19)25-22-17-27(14-4-5-15-28(22)23(25)18-29)33(30,31)24-9-3-2-8-21(24)26/h2-3,8-13,22-23,25,29H,4-5,14-18H2,1H3/t22-,23-,25+/m1/s1. The number of halogens is 1. The van der Waals surface area contributed by atoms with Crippen LogP contribution in [0.15, 0.2) is 53.4 Å². The second-order valence-electron chi connectivity index (χ2n) is 8.44. The van der Waals surface area contributed by atoms with E-state index in [0.717, 1.165) is 24.1 Å². The van der Waals surface area contributed by atoms with Crippen LogP contribution < -0.4 is 0 Å². The molecule has 4 rings (SSSR count). The highest BCUT2D eigenvalue weighted by Crippen LogP contribution is 2.42. The van der Waals surface area contributed by atoms with Gasteiger partial charge in [0.2, 0.25) is 10.0 Å². The lowest BCUT2D eigenvalue weighted by molar-refractivity contribution is -0.0554. The van der Waals surface area contributed by atoms with Crippen LogP contribution in [0.4, 0.5) is 4.39 Å². The van der Waals surface area contributed by atoms with E-state index in [-0.39, 0.29) is 36.0 Å². The van der Waals surface area contributed by atoms with Crippen LogP contribution in [-0.2, 0) is 14.8 Å². The van der Waals surface area contributed by atoms with Crippen LogP contribution in [-0.4, -0.2) is 74.8 Å². The van der Waals surface area contributed by atoms with E-state index >= 15 is 0 Å². The number of ether oxygens (including phenoxy) is 1. The van der Waals surface area contributed by atoms with Crippen LogP contribution in [0.3, 0.4) is 0 Å². The highest BCUT2D eigenvalue weighted by Gasteiger charge is 2.50. The largest absolute Gasteiger partial charge is 0.395 e. The van der Waals surface area contributed by atoms with Crippen LogP contribution in [0.2, 0.25) is 0 Å². The smallest absolute Gasteiger partial charge is 0.246 e. The molecule has 0 amide bonds. The Morgan fingerprint density at radius 1 is 1.12 bits per heavy atom. The summed E-state index contributed by atoms with van der Waals surface area (Å²) < 4.78 is 47.3. The van der Waals surface area contributed by atoms with Crippen LogP contribution in [0.25, 0.3) is 0 Å². The van der Waals surface area contributed by atoms with Crippen molar-refractivity contribution in [1.82, 2.24) is 9.21 Å². The average molecular weight is 473 g/mol. The summed E-state index contributed by atoms with van der Waals surface area (Å²) in [5.74, 6) is 5.21. The van der Waals surface area contributed by atoms with E-state index in [9.17, 15) is 17.9 Å². The molecular weight excluding hydrogens is 443 g/mol. The van der Waals surface area contributed by atoms with Crippen molar-refractivity contribution in [2.45, 2.75) is 35.7 Å². The molecule has 2 heterocycles. The molecule has 2 fully saturated rings. The molecule has 33 heavy (non-hydrogen) atoms. The lowest BCUT2D eigenvalue weighted by Gasteiger charge is -2.57. The summed E-state index contributed by atoms with van der Waals surface area (Å²) in [7, 11) is -2.37. The SMILES string of the molecule is COCC#Cc1ccc([C@@H]2[C@@H](CO)N3CCCCN(S(=O)(=O)c4ccccc4F)C[C@H]23)cc1. The first kappa shape index (κ1) is 23.9. The Morgan fingerprint density at radius 3 is 2.55 bits per heavy atom. The third kappa shape index (κ3) is 4.84. The Hall–Kier alpha value is -2.28. The molecule has 0 radical (unpaired) electrons. The molecule has 2 aliphatic heterocycles. The number of hydrogen-bond acceptors (Lipinski definition) is 5. The number of rotatable bonds is 5. The van der Waals surface area contributed by atoms with Gasteiger partial charge in [-0.05, 0) is 49.2 Å². The van der Waals surface area contributed by atoms with E-state index in [1.807, 2.05) is 24.3 Å². The first-order chi connectivity index (χ1) is 16.0. The van der Waals surface area contributed by atoms with Crippen molar-refractivity contribution in [1.29, 1.82) is 0 Å². The summed E-state index contributed by atoms with van der Waals surface area (Å²) in [6, 6.07) is 13.2. The third-order valence-electron chi connectivity index (χ3n) is 6.53. The summed E-state index contributed by atoms with van der Waals surface area (Å²) in [5.41, 5.74) is 1.91. The minimum Gasteiger partial charge on any atom is -0.395 e. The molecule has 0 aromatic heterocycles. The van der Waals surface area contributed by atoms with Crippen LogP contribution >= 0.6 is 0 Å². The highest BCUT2D eigenvalue weighted by molar-refractivity contribution is 7.89. The van der Waals surface area contributed by atoms with E-state index < -0.39 is 15.8 Å². The molecule has 176 valence electrons. The van der Waals surface area contributed by atoms with Gasteiger partial charge in [-0.3, -0.25) is 4.90 Å². The Kier molecular flexibility index (Phi) is 7.47. The van der Waals surface area contributed by atoms with Crippen molar-refractivity contribution in [3.8, 4) is 11.8 Å². The van der Waals surface area contributed by atoms with Gasteiger partial charge in [0.25, 0.3) is 0 Å². The quantitative estimate of drug-likeness (QED) is 0.677. The van der Waals surface area contributed by atoms with E-state index in [1.165, 1.54) is 28.6 Å². The number of aliphatic hydroxyl groups excluding tert-OH is 1. The molecule has 0 saturated carbocycles. The van der Waals surface area contributed by atoms with Crippen molar-refractivity contribution in [3.63, 3.8) is 0 Å². The minimum atomic E-state index is -3.97. The number of fused-ring (bicyclic) bond motifs is 1. The zero-order valence-corrected chi connectivity index (χ0v) is 19.5. The zero-order valence-electron chi connectivity index (χ0n) is 18.7. The normalized spacial score (nSPS) is 24.0. The molecule has 0 unspecified atom stereocenters. The topological polar surface area (TPSA) is 70.1 Å². The predicted molar refractivity (Wildman–Crippen MR) is 124 cm³/mol. The Bertz CT molecular complexity index is 1130. The molecule has 2 saturated heterocycles. The van der Waals surface area contributed by atoms with Gasteiger partial charge in [-0.2, -0.15) is 4.31 Å². The highest BCUT2D eigenvalue weighted by atomic mass is 32.2. The maximum Gasteiger partial charge on any atom is 0.246 e. The van der Waals surface area contributed by atoms with Gasteiger partial charge in [0.05, 0.1) is 6.61 Å². The average Bonchev–Trinajstić information content (AvgIpc) is 2.79. The first-order valence-electron chi connectivity index (χ1n) is 11.2. The van der Waals surface area contributed by atoms with Crippen molar-refractivity contribution >= 4 is 10.0 Å². The summed E-state index contributed by atoms with van der Waals surface area (Å²) in [6.07, 6.45) is 1.51.